The first-order valence-corrected chi connectivity index (χ1v) is 20.3. The van der Waals surface area contributed by atoms with E-state index in [1.54, 1.807) is 0 Å². The lowest BCUT2D eigenvalue weighted by atomic mass is 9.97. The summed E-state index contributed by atoms with van der Waals surface area (Å²) in [7, 11) is 0. The van der Waals surface area contributed by atoms with Gasteiger partial charge in [0.1, 0.15) is 0 Å². The summed E-state index contributed by atoms with van der Waals surface area (Å²) in [5.41, 5.74) is 9.22. The third-order valence-electron chi connectivity index (χ3n) is 11.0. The van der Waals surface area contributed by atoms with E-state index >= 15 is 0 Å². The van der Waals surface area contributed by atoms with Crippen LogP contribution in [0.25, 0.3) is 106 Å². The maximum atomic E-state index is 5.31. The van der Waals surface area contributed by atoms with Gasteiger partial charge in [0.05, 0.1) is 5.69 Å². The van der Waals surface area contributed by atoms with Gasteiger partial charge in [-0.15, -0.1) is 15.0 Å². The molecule has 0 aliphatic carbocycles. The molecule has 0 spiro atoms. The number of fused-ring (bicyclic) bond motifs is 10. The van der Waals surface area contributed by atoms with Gasteiger partial charge in [0.15, 0.2) is 17.5 Å². The Morgan fingerprint density at radius 1 is 0.311 bits per heavy atom. The summed E-state index contributed by atoms with van der Waals surface area (Å²) >= 11 is 0. The number of hydrogen-bond donors (Lipinski definition) is 0. The summed E-state index contributed by atoms with van der Waals surface area (Å²) < 4.78 is 2.11. The van der Waals surface area contributed by atoms with Crippen LogP contribution in [0.1, 0.15) is 5.69 Å². The molecule has 4 aromatic heterocycles. The maximum absolute atomic E-state index is 5.31. The molecule has 4 heterocycles. The van der Waals surface area contributed by atoms with Crippen LogP contribution in [-0.2, 0) is 0 Å². The predicted molar refractivity (Wildman–Crippen MR) is 245 cm³/mol. The van der Waals surface area contributed by atoms with E-state index in [9.17, 15) is 0 Å². The molecule has 7 nitrogen and oxygen atoms in total. The van der Waals surface area contributed by atoms with Gasteiger partial charge < -0.3 is 0 Å². The van der Waals surface area contributed by atoms with Crippen LogP contribution in [-0.4, -0.2) is 29.9 Å². The lowest BCUT2D eigenvalue weighted by molar-refractivity contribution is -0.477. The van der Waals surface area contributed by atoms with E-state index in [2.05, 4.69) is 108 Å². The van der Waals surface area contributed by atoms with Crippen molar-refractivity contribution in [2.24, 2.45) is 0 Å². The minimum atomic E-state index is 0.615. The molecule has 7 heteroatoms. The molecule has 286 valence electrons. The van der Waals surface area contributed by atoms with Gasteiger partial charge >= 0.3 is 0 Å². The smallest absolute Gasteiger partial charge is 0.208 e. The molecule has 0 amide bonds. The first-order chi connectivity index (χ1) is 30.1. The van der Waals surface area contributed by atoms with Gasteiger partial charge in [0.25, 0.3) is 5.82 Å². The van der Waals surface area contributed by atoms with E-state index in [0.717, 1.165) is 88.7 Å². The second-order valence-electron chi connectivity index (χ2n) is 15.1. The molecule has 0 atom stereocenters. The van der Waals surface area contributed by atoms with E-state index in [1.165, 1.54) is 0 Å². The Balaban J connectivity index is 1.14. The average molecular weight is 783 g/mol. The number of benzene rings is 7. The van der Waals surface area contributed by atoms with Crippen molar-refractivity contribution in [1.29, 1.82) is 0 Å². The molecule has 61 heavy (non-hydrogen) atoms. The van der Waals surface area contributed by atoms with Crippen molar-refractivity contribution < 1.29 is 4.40 Å². The highest BCUT2D eigenvalue weighted by molar-refractivity contribution is 6.08. The van der Waals surface area contributed by atoms with Crippen LogP contribution in [0.3, 0.4) is 0 Å². The lowest BCUT2D eigenvalue weighted by Crippen LogP contribution is -2.29. The fourth-order valence-electron chi connectivity index (χ4n) is 8.07. The van der Waals surface area contributed by atoms with Crippen LogP contribution in [0.4, 0.5) is 0 Å². The Morgan fingerprint density at radius 3 is 1.46 bits per heavy atom. The molecule has 4 bridgehead atoms. The highest BCUT2D eigenvalue weighted by Crippen LogP contribution is 2.33. The molecule has 0 aliphatic rings. The Hall–Kier alpha value is -8.29. The van der Waals surface area contributed by atoms with Crippen molar-refractivity contribution >= 4 is 38.2 Å². The molecule has 11 aromatic rings. The molecule has 7 aromatic carbocycles. The maximum Gasteiger partial charge on any atom is 0.272 e. The first-order valence-electron chi connectivity index (χ1n) is 20.3. The topological polar surface area (TPSA) is 81.4 Å². The van der Waals surface area contributed by atoms with E-state index in [-0.39, 0.29) is 0 Å². The predicted octanol–water partition coefficient (Wildman–Crippen LogP) is 12.1. The summed E-state index contributed by atoms with van der Waals surface area (Å²) in [5.74, 6) is 3.29. The van der Waals surface area contributed by atoms with Crippen LogP contribution < -0.4 is 4.40 Å². The number of nitrogens with zero attached hydrogens (tertiary/aromatic N) is 7. The fourth-order valence-corrected chi connectivity index (χ4v) is 8.07. The molecule has 0 unspecified atom stereocenters. The van der Waals surface area contributed by atoms with Crippen molar-refractivity contribution in [3.63, 3.8) is 0 Å². The molecule has 0 saturated heterocycles. The number of aromatic nitrogens is 7. The monoisotopic (exact) mass is 782 g/mol. The number of hydrogen-bond acceptors (Lipinski definition) is 6. The summed E-state index contributed by atoms with van der Waals surface area (Å²) in [6.07, 6.45) is 0. The summed E-state index contributed by atoms with van der Waals surface area (Å²) in [6, 6.07) is 68.8. The normalized spacial score (nSPS) is 11.4. The number of pyridine rings is 1. The molecule has 0 saturated carbocycles. The minimum Gasteiger partial charge on any atom is -0.208 e. The lowest BCUT2D eigenvalue weighted by Gasteiger charge is -2.11. The van der Waals surface area contributed by atoms with Gasteiger partial charge in [-0.25, -0.2) is 15.0 Å². The van der Waals surface area contributed by atoms with E-state index in [4.69, 9.17) is 29.9 Å². The van der Waals surface area contributed by atoms with Crippen molar-refractivity contribution in [2.45, 2.75) is 6.92 Å². The van der Waals surface area contributed by atoms with E-state index in [1.807, 2.05) is 104 Å². The molecule has 0 radical (unpaired) electrons. The number of rotatable bonds is 6. The van der Waals surface area contributed by atoms with Gasteiger partial charge in [-0.3, -0.25) is 0 Å². The zero-order valence-corrected chi connectivity index (χ0v) is 33.2. The SMILES string of the molecule is Cc1cc2cc(n1)[n+]1c(-c3ccccc3)nc(-c3ccccc3)nc1c1cccc(c1)c1cc(-c3cccc(-c4nc(-c5ccccc5)nc(-c5ccccc5)n4)c3)ccc21. The van der Waals surface area contributed by atoms with Crippen molar-refractivity contribution in [2.75, 3.05) is 0 Å². The zero-order valence-electron chi connectivity index (χ0n) is 33.2. The van der Waals surface area contributed by atoms with E-state index in [0.29, 0.717) is 23.3 Å². The average Bonchev–Trinajstić information content (AvgIpc) is 3.34. The molecule has 11 rings (SSSR count). The van der Waals surface area contributed by atoms with Gasteiger partial charge in [-0.2, -0.15) is 4.40 Å². The fraction of sp³-hybridized carbons (Fsp3) is 0.0185. The third kappa shape index (κ3) is 6.84. The molecular formula is C54H36N7+. The first kappa shape index (κ1) is 35.8. The Morgan fingerprint density at radius 2 is 0.820 bits per heavy atom. The molecule has 0 fully saturated rings. The van der Waals surface area contributed by atoms with Gasteiger partial charge in [0, 0.05) is 39.3 Å². The van der Waals surface area contributed by atoms with Crippen LogP contribution in [0, 0.1) is 6.92 Å². The van der Waals surface area contributed by atoms with E-state index < -0.39 is 0 Å². The highest BCUT2D eigenvalue weighted by Gasteiger charge is 2.21. The Kier molecular flexibility index (Phi) is 8.90. The van der Waals surface area contributed by atoms with Crippen LogP contribution >= 0.6 is 0 Å². The van der Waals surface area contributed by atoms with Crippen molar-refractivity contribution in [3.05, 3.63) is 206 Å². The minimum absolute atomic E-state index is 0.615. The quantitative estimate of drug-likeness (QED) is 0.156. The Bertz CT molecular complexity index is 3410. The van der Waals surface area contributed by atoms with Crippen LogP contribution in [0.5, 0.6) is 0 Å². The number of aryl methyl sites for hydroxylation is 1. The second kappa shape index (κ2) is 15.1. The molecule has 0 aliphatic heterocycles. The third-order valence-corrected chi connectivity index (χ3v) is 11.0. The van der Waals surface area contributed by atoms with Crippen LogP contribution in [0.2, 0.25) is 0 Å². The summed E-state index contributed by atoms with van der Waals surface area (Å²) in [4.78, 5) is 30.6. The van der Waals surface area contributed by atoms with Crippen molar-refractivity contribution in [1.82, 2.24) is 29.9 Å². The zero-order chi connectivity index (χ0) is 40.7. The largest absolute Gasteiger partial charge is 0.272 e. The molecule has 0 N–H and O–H groups in total. The van der Waals surface area contributed by atoms with Crippen LogP contribution in [0.15, 0.2) is 200 Å². The van der Waals surface area contributed by atoms with Gasteiger partial charge in [-0.05, 0) is 94.2 Å². The van der Waals surface area contributed by atoms with Gasteiger partial charge in [0.2, 0.25) is 17.1 Å². The second-order valence-corrected chi connectivity index (χ2v) is 15.1. The summed E-state index contributed by atoms with van der Waals surface area (Å²) in [5, 5.41) is 5.30. The molecular weight excluding hydrogens is 747 g/mol. The standard InChI is InChI=1S/C54H36N7/c1-35-30-45-34-48(55-35)61-53(39-22-12-5-13-23-39)59-51(38-20-10-4-11-21-38)60-54(61)44-27-15-25-42(32-44)47-33-41(28-29-46(45)47)40-24-14-26-43(31-40)52-57-49(36-16-6-2-7-17-36)56-50(58-52)37-18-8-3-9-19-37/h2-34H,1H3/q+1. The van der Waals surface area contributed by atoms with Gasteiger partial charge in [-0.1, -0.05) is 140 Å². The van der Waals surface area contributed by atoms with Crippen molar-refractivity contribution in [3.8, 4) is 68.1 Å². The highest BCUT2D eigenvalue weighted by atomic mass is 15.1. The summed E-state index contributed by atoms with van der Waals surface area (Å²) in [6.45, 7) is 2.05. The Labute approximate surface area is 352 Å².